The van der Waals surface area contributed by atoms with E-state index in [1.54, 1.807) is 0 Å². The summed E-state index contributed by atoms with van der Waals surface area (Å²) in [5.74, 6) is -0.214. The van der Waals surface area contributed by atoms with E-state index in [2.05, 4.69) is 39.2 Å². The van der Waals surface area contributed by atoms with Crippen molar-refractivity contribution in [2.24, 2.45) is 10.2 Å². The number of piperazine rings is 1. The van der Waals surface area contributed by atoms with Crippen LogP contribution in [-0.2, 0) is 16.7 Å². The highest BCUT2D eigenvalue weighted by atomic mass is 32.2. The van der Waals surface area contributed by atoms with Gasteiger partial charge in [0.2, 0.25) is 0 Å². The standard InChI is InChI=1S/C18H25N5O3S2/c1-21-9-11-22(12-10-21)17-6-4-16(5-7-17)19-20-18-23(13-14-27-18)8-2-3-15-28(24,25)26/h4-7,13-14H,2-3,8-12,15H2,1H3/p+1. The average Bonchev–Trinajstić information content (AvgIpc) is 3.11. The van der Waals surface area contributed by atoms with Crippen LogP contribution in [-0.4, -0.2) is 56.9 Å². The second kappa shape index (κ2) is 9.55. The number of hydrogen-bond donors (Lipinski definition) is 1. The Morgan fingerprint density at radius 3 is 2.50 bits per heavy atom. The van der Waals surface area contributed by atoms with Gasteiger partial charge in [0.05, 0.1) is 17.4 Å². The van der Waals surface area contributed by atoms with Gasteiger partial charge in [-0.3, -0.25) is 4.55 Å². The van der Waals surface area contributed by atoms with Crippen molar-refractivity contribution in [2.45, 2.75) is 19.4 Å². The summed E-state index contributed by atoms with van der Waals surface area (Å²) in [6, 6.07) is 8.11. The first-order chi connectivity index (χ1) is 13.4. The summed E-state index contributed by atoms with van der Waals surface area (Å²) < 4.78 is 32.3. The van der Waals surface area contributed by atoms with Crippen LogP contribution in [0.1, 0.15) is 12.8 Å². The summed E-state index contributed by atoms with van der Waals surface area (Å²) in [4.78, 5) is 4.71. The van der Waals surface area contributed by atoms with Crippen LogP contribution < -0.4 is 9.47 Å². The van der Waals surface area contributed by atoms with Crippen LogP contribution in [0.4, 0.5) is 16.5 Å². The lowest BCUT2D eigenvalue weighted by Crippen LogP contribution is -2.44. The topological polar surface area (TPSA) is 89.5 Å². The number of benzene rings is 1. The van der Waals surface area contributed by atoms with Crippen molar-refractivity contribution in [2.75, 3.05) is 43.9 Å². The van der Waals surface area contributed by atoms with E-state index in [1.165, 1.54) is 17.0 Å². The SMILES string of the molecule is CN1CCN(c2ccc(N=Nc3scc[n+]3CCCCS(=O)(=O)O)cc2)CC1. The monoisotopic (exact) mass is 424 g/mol. The van der Waals surface area contributed by atoms with Gasteiger partial charge in [0.25, 0.3) is 10.1 Å². The van der Waals surface area contributed by atoms with Crippen molar-refractivity contribution >= 4 is 38.0 Å². The molecule has 1 fully saturated rings. The average molecular weight is 425 g/mol. The number of azo groups is 1. The molecule has 1 aliphatic heterocycles. The molecule has 1 N–H and O–H groups in total. The molecule has 1 aromatic carbocycles. The van der Waals surface area contributed by atoms with Crippen molar-refractivity contribution < 1.29 is 17.5 Å². The highest BCUT2D eigenvalue weighted by molar-refractivity contribution is 7.85. The quantitative estimate of drug-likeness (QED) is 0.305. The molecule has 2 aromatic rings. The number of nitrogens with zero attached hydrogens (tertiary/aromatic N) is 5. The van der Waals surface area contributed by atoms with Crippen molar-refractivity contribution in [3.63, 3.8) is 0 Å². The highest BCUT2D eigenvalue weighted by Gasteiger charge is 2.15. The maximum Gasteiger partial charge on any atom is 0.408 e. The molecule has 2 heterocycles. The summed E-state index contributed by atoms with van der Waals surface area (Å²) >= 11 is 1.48. The minimum Gasteiger partial charge on any atom is -0.369 e. The van der Waals surface area contributed by atoms with Crippen molar-refractivity contribution in [3.8, 4) is 0 Å². The third-order valence-corrected chi connectivity index (χ3v) is 6.27. The van der Waals surface area contributed by atoms with Gasteiger partial charge in [-0.2, -0.15) is 8.42 Å². The van der Waals surface area contributed by atoms with Crippen molar-refractivity contribution in [1.29, 1.82) is 0 Å². The molecule has 0 spiro atoms. The molecule has 1 aromatic heterocycles. The fourth-order valence-electron chi connectivity index (χ4n) is 3.01. The van der Waals surface area contributed by atoms with E-state index >= 15 is 0 Å². The Morgan fingerprint density at radius 1 is 1.11 bits per heavy atom. The van der Waals surface area contributed by atoms with E-state index in [9.17, 15) is 8.42 Å². The van der Waals surface area contributed by atoms with Gasteiger partial charge < -0.3 is 9.80 Å². The summed E-state index contributed by atoms with van der Waals surface area (Å²) in [5.41, 5.74) is 2.00. The molecule has 28 heavy (non-hydrogen) atoms. The third-order valence-electron chi connectivity index (χ3n) is 4.68. The fraction of sp³-hybridized carbons (Fsp3) is 0.500. The Morgan fingerprint density at radius 2 is 1.82 bits per heavy atom. The normalized spacial score (nSPS) is 16.1. The number of rotatable bonds is 8. The molecule has 0 bridgehead atoms. The van der Waals surface area contributed by atoms with Gasteiger partial charge in [0.15, 0.2) is 0 Å². The molecule has 0 unspecified atom stereocenters. The lowest BCUT2D eigenvalue weighted by Gasteiger charge is -2.34. The van der Waals surface area contributed by atoms with Gasteiger partial charge in [0, 0.05) is 37.2 Å². The van der Waals surface area contributed by atoms with Crippen LogP contribution in [0.2, 0.25) is 0 Å². The number of aryl methyl sites for hydroxylation is 1. The minimum atomic E-state index is -3.89. The van der Waals surface area contributed by atoms with Crippen LogP contribution in [0.15, 0.2) is 46.1 Å². The fourth-order valence-corrected chi connectivity index (χ4v) is 4.28. The summed E-state index contributed by atoms with van der Waals surface area (Å²) in [6.07, 6.45) is 2.96. The van der Waals surface area contributed by atoms with E-state index in [-0.39, 0.29) is 5.75 Å². The third kappa shape index (κ3) is 6.33. The van der Waals surface area contributed by atoms with Gasteiger partial charge in [-0.25, -0.2) is 4.57 Å². The lowest BCUT2D eigenvalue weighted by molar-refractivity contribution is -0.680. The second-order valence-corrected chi connectivity index (χ2v) is 9.32. The summed E-state index contributed by atoms with van der Waals surface area (Å²) in [7, 11) is -1.75. The van der Waals surface area contributed by atoms with Gasteiger partial charge in [-0.1, -0.05) is 0 Å². The molecule has 3 rings (SSSR count). The van der Waals surface area contributed by atoms with Crippen LogP contribution in [0.5, 0.6) is 0 Å². The molecule has 0 atom stereocenters. The first-order valence-corrected chi connectivity index (χ1v) is 11.8. The van der Waals surface area contributed by atoms with Gasteiger partial charge in [0.1, 0.15) is 11.9 Å². The maximum absolute atomic E-state index is 10.8. The van der Waals surface area contributed by atoms with Crippen LogP contribution in [0, 0.1) is 0 Å². The maximum atomic E-state index is 10.8. The Hall–Kier alpha value is -1.88. The first-order valence-electron chi connectivity index (χ1n) is 9.28. The zero-order chi connectivity index (χ0) is 20.0. The van der Waals surface area contributed by atoms with E-state index < -0.39 is 10.1 Å². The molecular weight excluding hydrogens is 398 g/mol. The molecule has 8 nitrogen and oxygen atoms in total. The van der Waals surface area contributed by atoms with Gasteiger partial charge in [-0.05, 0) is 60.6 Å². The Kier molecular flexibility index (Phi) is 7.11. The molecule has 1 saturated heterocycles. The van der Waals surface area contributed by atoms with E-state index in [0.29, 0.717) is 19.4 Å². The van der Waals surface area contributed by atoms with Crippen molar-refractivity contribution in [3.05, 3.63) is 35.8 Å². The molecule has 0 aliphatic carbocycles. The number of likely N-dealkylation sites (N-methyl/N-ethyl adjacent to an activating group) is 1. The molecule has 152 valence electrons. The van der Waals surface area contributed by atoms with Gasteiger partial charge >= 0.3 is 5.13 Å². The minimum absolute atomic E-state index is 0.214. The Bertz CT molecular complexity index is 888. The number of unbranched alkanes of at least 4 members (excludes halogenated alkanes) is 1. The summed E-state index contributed by atoms with van der Waals surface area (Å²) in [5, 5.41) is 11.3. The van der Waals surface area contributed by atoms with E-state index in [1.807, 2.05) is 28.3 Å². The number of hydrogen-bond acceptors (Lipinski definition) is 7. The van der Waals surface area contributed by atoms with E-state index in [0.717, 1.165) is 37.0 Å². The van der Waals surface area contributed by atoms with Gasteiger partial charge in [-0.15, -0.1) is 0 Å². The largest absolute Gasteiger partial charge is 0.408 e. The smallest absolute Gasteiger partial charge is 0.369 e. The Labute approximate surface area is 169 Å². The second-order valence-electron chi connectivity index (χ2n) is 6.88. The zero-order valence-electron chi connectivity index (χ0n) is 15.9. The predicted molar refractivity (Wildman–Crippen MR) is 110 cm³/mol. The predicted octanol–water partition coefficient (Wildman–Crippen LogP) is 2.87. The number of aromatic nitrogens is 1. The molecule has 1 aliphatic rings. The lowest BCUT2D eigenvalue weighted by atomic mass is 10.2. The molecule has 0 amide bonds. The Balaban J connectivity index is 1.55. The molecule has 10 heteroatoms. The van der Waals surface area contributed by atoms with Crippen LogP contribution >= 0.6 is 11.3 Å². The van der Waals surface area contributed by atoms with Crippen molar-refractivity contribution in [1.82, 2.24) is 4.90 Å². The van der Waals surface area contributed by atoms with Crippen LogP contribution in [0.25, 0.3) is 0 Å². The number of anilines is 1. The number of thiazole rings is 1. The molecule has 0 radical (unpaired) electrons. The zero-order valence-corrected chi connectivity index (χ0v) is 17.6. The molecule has 0 saturated carbocycles. The van der Waals surface area contributed by atoms with Crippen LogP contribution in [0.3, 0.4) is 0 Å². The first kappa shape index (κ1) is 20.8. The summed E-state index contributed by atoms with van der Waals surface area (Å²) in [6.45, 7) is 4.85. The van der Waals surface area contributed by atoms with E-state index in [4.69, 9.17) is 4.55 Å². The highest BCUT2D eigenvalue weighted by Crippen LogP contribution is 2.23. The molecular formula is C18H26N5O3S2+.